The van der Waals surface area contributed by atoms with Crippen LogP contribution in [0.2, 0.25) is 0 Å². The molecule has 2 unspecified atom stereocenters. The Labute approximate surface area is 128 Å². The minimum Gasteiger partial charge on any atom is -0.351 e. The Morgan fingerprint density at radius 1 is 1.00 bits per heavy atom. The summed E-state index contributed by atoms with van der Waals surface area (Å²) in [6.07, 6.45) is 13.4. The van der Waals surface area contributed by atoms with Gasteiger partial charge in [0.05, 0.1) is 5.54 Å². The van der Waals surface area contributed by atoms with Crippen molar-refractivity contribution in [2.24, 2.45) is 17.6 Å². The maximum Gasteiger partial charge on any atom is 0.240 e. The van der Waals surface area contributed by atoms with Crippen LogP contribution in [0.25, 0.3) is 0 Å². The van der Waals surface area contributed by atoms with Crippen molar-refractivity contribution < 1.29 is 4.79 Å². The van der Waals surface area contributed by atoms with Gasteiger partial charge in [-0.15, -0.1) is 12.4 Å². The molecule has 3 aliphatic carbocycles. The van der Waals surface area contributed by atoms with Crippen molar-refractivity contribution in [3.8, 4) is 0 Å². The lowest BCUT2D eigenvalue weighted by molar-refractivity contribution is -0.127. The van der Waals surface area contributed by atoms with Gasteiger partial charge >= 0.3 is 0 Å². The number of carbonyl (C=O) groups is 1. The van der Waals surface area contributed by atoms with E-state index < -0.39 is 5.54 Å². The second-order valence-electron chi connectivity index (χ2n) is 7.09. The second-order valence-corrected chi connectivity index (χ2v) is 7.09. The first-order valence-corrected chi connectivity index (χ1v) is 8.29. The van der Waals surface area contributed by atoms with Crippen LogP contribution >= 0.6 is 12.4 Å². The van der Waals surface area contributed by atoms with Gasteiger partial charge in [0, 0.05) is 6.04 Å². The Kier molecular flexibility index (Phi) is 5.36. The molecule has 0 saturated heterocycles. The molecule has 0 bridgehead atoms. The first kappa shape index (κ1) is 16.1. The van der Waals surface area contributed by atoms with Crippen molar-refractivity contribution >= 4 is 18.3 Å². The van der Waals surface area contributed by atoms with Gasteiger partial charge in [-0.1, -0.05) is 51.4 Å². The largest absolute Gasteiger partial charge is 0.351 e. The van der Waals surface area contributed by atoms with Crippen LogP contribution in [0.15, 0.2) is 0 Å². The summed E-state index contributed by atoms with van der Waals surface area (Å²) in [7, 11) is 0. The van der Waals surface area contributed by atoms with Gasteiger partial charge in [-0.05, 0) is 31.1 Å². The molecule has 116 valence electrons. The highest BCUT2D eigenvalue weighted by molar-refractivity contribution is 5.86. The number of rotatable bonds is 3. The molecule has 0 aromatic rings. The Morgan fingerprint density at radius 2 is 1.60 bits per heavy atom. The lowest BCUT2D eigenvalue weighted by Gasteiger charge is -2.32. The molecular formula is C16H29ClN2O. The van der Waals surface area contributed by atoms with E-state index in [1.54, 1.807) is 0 Å². The van der Waals surface area contributed by atoms with Crippen molar-refractivity contribution in [2.75, 3.05) is 0 Å². The maximum absolute atomic E-state index is 12.4. The highest BCUT2D eigenvalue weighted by Gasteiger charge is 2.46. The molecule has 0 heterocycles. The molecule has 0 aromatic heterocycles. The standard InChI is InChI=1S/C16H28N2O.ClH/c17-16(9-5-2-6-10-16)15(19)18-14-11-13(14)12-7-3-1-4-8-12;/h12-14H,1-11,17H2,(H,18,19);1H. The molecule has 3 rings (SSSR count). The Morgan fingerprint density at radius 3 is 2.25 bits per heavy atom. The first-order valence-electron chi connectivity index (χ1n) is 8.29. The zero-order chi connectivity index (χ0) is 13.3. The third kappa shape index (κ3) is 3.48. The van der Waals surface area contributed by atoms with E-state index in [0.717, 1.165) is 37.5 Å². The third-order valence-corrected chi connectivity index (χ3v) is 5.61. The molecule has 1 amide bonds. The number of nitrogens with two attached hydrogens (primary N) is 1. The van der Waals surface area contributed by atoms with Crippen molar-refractivity contribution in [1.82, 2.24) is 5.32 Å². The quantitative estimate of drug-likeness (QED) is 0.841. The normalized spacial score (nSPS) is 33.0. The summed E-state index contributed by atoms with van der Waals surface area (Å²) >= 11 is 0. The van der Waals surface area contributed by atoms with Crippen molar-refractivity contribution in [3.05, 3.63) is 0 Å². The van der Waals surface area contributed by atoms with E-state index in [1.807, 2.05) is 0 Å². The number of amides is 1. The highest BCUT2D eigenvalue weighted by Crippen LogP contribution is 2.44. The molecule has 4 heteroatoms. The average Bonchev–Trinajstić information content (AvgIpc) is 3.20. The lowest BCUT2D eigenvalue weighted by atomic mass is 9.81. The fraction of sp³-hybridized carbons (Fsp3) is 0.938. The summed E-state index contributed by atoms with van der Waals surface area (Å²) in [5, 5.41) is 3.25. The number of halogens is 1. The van der Waals surface area contributed by atoms with E-state index in [1.165, 1.54) is 44.9 Å². The van der Waals surface area contributed by atoms with Crippen molar-refractivity contribution in [2.45, 2.75) is 82.2 Å². The Balaban J connectivity index is 0.00000147. The molecule has 0 aromatic carbocycles. The third-order valence-electron chi connectivity index (χ3n) is 5.61. The van der Waals surface area contributed by atoms with Crippen LogP contribution < -0.4 is 11.1 Å². The number of hydrogen-bond donors (Lipinski definition) is 2. The van der Waals surface area contributed by atoms with Crippen LogP contribution in [0.3, 0.4) is 0 Å². The summed E-state index contributed by atoms with van der Waals surface area (Å²) in [5.74, 6) is 1.77. The van der Waals surface area contributed by atoms with E-state index in [0.29, 0.717) is 6.04 Å². The monoisotopic (exact) mass is 300 g/mol. The van der Waals surface area contributed by atoms with Gasteiger partial charge in [-0.25, -0.2) is 0 Å². The fourth-order valence-corrected chi connectivity index (χ4v) is 4.19. The van der Waals surface area contributed by atoms with E-state index >= 15 is 0 Å². The lowest BCUT2D eigenvalue weighted by Crippen LogP contribution is -2.55. The van der Waals surface area contributed by atoms with E-state index in [-0.39, 0.29) is 18.3 Å². The van der Waals surface area contributed by atoms with E-state index in [9.17, 15) is 4.79 Å². The number of hydrogen-bond acceptors (Lipinski definition) is 2. The van der Waals surface area contributed by atoms with E-state index in [4.69, 9.17) is 5.73 Å². The van der Waals surface area contributed by atoms with Gasteiger partial charge in [0.15, 0.2) is 0 Å². The van der Waals surface area contributed by atoms with Gasteiger partial charge in [-0.3, -0.25) is 4.79 Å². The molecular weight excluding hydrogens is 272 g/mol. The minimum atomic E-state index is -0.558. The summed E-state index contributed by atoms with van der Waals surface area (Å²) in [4.78, 5) is 12.4. The van der Waals surface area contributed by atoms with Crippen molar-refractivity contribution in [1.29, 1.82) is 0 Å². The summed E-state index contributed by atoms with van der Waals surface area (Å²) < 4.78 is 0. The number of carbonyl (C=O) groups excluding carboxylic acids is 1. The zero-order valence-corrected chi connectivity index (χ0v) is 13.2. The zero-order valence-electron chi connectivity index (χ0n) is 12.4. The smallest absolute Gasteiger partial charge is 0.240 e. The first-order chi connectivity index (χ1) is 9.19. The molecule has 3 nitrogen and oxygen atoms in total. The topological polar surface area (TPSA) is 55.1 Å². The molecule has 0 aliphatic heterocycles. The molecule has 0 radical (unpaired) electrons. The number of nitrogens with one attached hydrogen (secondary N) is 1. The van der Waals surface area contributed by atoms with Crippen LogP contribution in [-0.2, 0) is 4.79 Å². The van der Waals surface area contributed by atoms with Gasteiger partial charge < -0.3 is 11.1 Å². The highest BCUT2D eigenvalue weighted by atomic mass is 35.5. The van der Waals surface area contributed by atoms with Crippen LogP contribution in [0, 0.1) is 11.8 Å². The summed E-state index contributed by atoms with van der Waals surface area (Å²) in [6, 6.07) is 0.443. The van der Waals surface area contributed by atoms with Crippen LogP contribution in [0.1, 0.15) is 70.6 Å². The minimum absolute atomic E-state index is 0. The molecule has 3 aliphatic rings. The van der Waals surface area contributed by atoms with Crippen LogP contribution in [0.5, 0.6) is 0 Å². The van der Waals surface area contributed by atoms with Gasteiger partial charge in [0.25, 0.3) is 0 Å². The molecule has 0 spiro atoms. The Bertz CT molecular complexity index is 335. The molecule has 3 N–H and O–H groups in total. The van der Waals surface area contributed by atoms with E-state index in [2.05, 4.69) is 5.32 Å². The summed E-state index contributed by atoms with van der Waals surface area (Å²) in [5.41, 5.74) is 5.73. The predicted molar refractivity (Wildman–Crippen MR) is 83.9 cm³/mol. The maximum atomic E-state index is 12.4. The van der Waals surface area contributed by atoms with Crippen molar-refractivity contribution in [3.63, 3.8) is 0 Å². The van der Waals surface area contributed by atoms with Gasteiger partial charge in [-0.2, -0.15) is 0 Å². The van der Waals surface area contributed by atoms with Crippen LogP contribution in [-0.4, -0.2) is 17.5 Å². The molecule has 20 heavy (non-hydrogen) atoms. The summed E-state index contributed by atoms with van der Waals surface area (Å²) in [6.45, 7) is 0. The SMILES string of the molecule is Cl.NC1(C(=O)NC2CC2C2CCCCC2)CCCCC1. The van der Waals surface area contributed by atoms with Gasteiger partial charge in [0.1, 0.15) is 0 Å². The molecule has 3 fully saturated rings. The second kappa shape index (κ2) is 6.65. The van der Waals surface area contributed by atoms with Crippen LogP contribution in [0.4, 0.5) is 0 Å². The average molecular weight is 301 g/mol. The molecule has 3 saturated carbocycles. The molecule has 2 atom stereocenters. The van der Waals surface area contributed by atoms with Gasteiger partial charge in [0.2, 0.25) is 5.91 Å². The Hall–Kier alpha value is -0.280. The predicted octanol–water partition coefficient (Wildman–Crippen LogP) is 3.15. The fourth-order valence-electron chi connectivity index (χ4n) is 4.19.